The van der Waals surface area contributed by atoms with E-state index in [2.05, 4.69) is 0 Å². The number of carboxylic acids is 1. The minimum absolute atomic E-state index is 0.193. The van der Waals surface area contributed by atoms with E-state index in [-0.39, 0.29) is 11.7 Å². The molecule has 0 bridgehead atoms. The van der Waals surface area contributed by atoms with Crippen LogP contribution in [0.1, 0.15) is 39.0 Å². The number of sulfonamides is 1. The topological polar surface area (TPSA) is 74.7 Å². The van der Waals surface area contributed by atoms with Gasteiger partial charge in [0, 0.05) is 13.1 Å². The van der Waals surface area contributed by atoms with E-state index in [1.54, 1.807) is 0 Å². The average molecular weight is 263 g/mol. The van der Waals surface area contributed by atoms with Crippen LogP contribution in [0.2, 0.25) is 0 Å². The molecule has 100 valence electrons. The Morgan fingerprint density at radius 3 is 2.35 bits per heavy atom. The predicted molar refractivity (Wildman–Crippen MR) is 65.2 cm³/mol. The van der Waals surface area contributed by atoms with E-state index in [0.29, 0.717) is 32.4 Å². The molecular formula is C11H21NO4S. The zero-order valence-corrected chi connectivity index (χ0v) is 11.1. The van der Waals surface area contributed by atoms with E-state index in [1.807, 2.05) is 6.92 Å². The summed E-state index contributed by atoms with van der Waals surface area (Å²) in [6.45, 7) is 2.74. The van der Waals surface area contributed by atoms with Gasteiger partial charge < -0.3 is 5.11 Å². The molecule has 17 heavy (non-hydrogen) atoms. The van der Waals surface area contributed by atoms with Gasteiger partial charge in [0.05, 0.1) is 11.7 Å². The standard InChI is InChI=1S/C11H21NO4S/c1-2-3-4-9-17(15,16)12-7-5-10(6-8-12)11(13)14/h10H,2-9H2,1H3,(H,13,14). The van der Waals surface area contributed by atoms with Crippen molar-refractivity contribution in [3.63, 3.8) is 0 Å². The second-order valence-corrected chi connectivity index (χ2v) is 6.62. The van der Waals surface area contributed by atoms with Crippen LogP contribution in [-0.4, -0.2) is 42.6 Å². The lowest BCUT2D eigenvalue weighted by Gasteiger charge is -2.29. The minimum atomic E-state index is -3.16. The Morgan fingerprint density at radius 1 is 1.29 bits per heavy atom. The van der Waals surface area contributed by atoms with E-state index in [4.69, 9.17) is 5.11 Å². The summed E-state index contributed by atoms with van der Waals surface area (Å²) in [7, 11) is -3.16. The van der Waals surface area contributed by atoms with Crippen LogP contribution in [0.4, 0.5) is 0 Å². The summed E-state index contributed by atoms with van der Waals surface area (Å²) < 4.78 is 25.3. The van der Waals surface area contributed by atoms with Crippen molar-refractivity contribution in [2.24, 2.45) is 5.92 Å². The van der Waals surface area contributed by atoms with Gasteiger partial charge in [-0.3, -0.25) is 4.79 Å². The first-order valence-corrected chi connectivity index (χ1v) is 7.79. The van der Waals surface area contributed by atoms with Crippen molar-refractivity contribution in [3.8, 4) is 0 Å². The molecule has 0 atom stereocenters. The molecule has 0 aromatic heterocycles. The lowest BCUT2D eigenvalue weighted by Crippen LogP contribution is -2.41. The average Bonchev–Trinajstić information content (AvgIpc) is 2.29. The zero-order valence-electron chi connectivity index (χ0n) is 10.3. The van der Waals surface area contributed by atoms with Crippen molar-refractivity contribution in [3.05, 3.63) is 0 Å². The SMILES string of the molecule is CCCCCS(=O)(=O)N1CCC(C(=O)O)CC1. The maximum absolute atomic E-state index is 11.9. The van der Waals surface area contributed by atoms with Gasteiger partial charge in [-0.1, -0.05) is 19.8 Å². The van der Waals surface area contributed by atoms with Crippen molar-refractivity contribution in [2.45, 2.75) is 39.0 Å². The quantitative estimate of drug-likeness (QED) is 0.733. The molecule has 0 aromatic rings. The predicted octanol–water partition coefficient (Wildman–Crippen LogP) is 1.30. The van der Waals surface area contributed by atoms with Crippen molar-refractivity contribution in [1.29, 1.82) is 0 Å². The van der Waals surface area contributed by atoms with E-state index in [9.17, 15) is 13.2 Å². The third-order valence-electron chi connectivity index (χ3n) is 3.20. The summed E-state index contributed by atoms with van der Waals surface area (Å²) in [6.07, 6.45) is 3.48. The highest BCUT2D eigenvalue weighted by Crippen LogP contribution is 2.20. The summed E-state index contributed by atoms with van der Waals surface area (Å²) >= 11 is 0. The first-order valence-electron chi connectivity index (χ1n) is 6.18. The number of hydrogen-bond donors (Lipinski definition) is 1. The van der Waals surface area contributed by atoms with Gasteiger partial charge in [0.15, 0.2) is 0 Å². The van der Waals surface area contributed by atoms with Gasteiger partial charge in [0.1, 0.15) is 0 Å². The first kappa shape index (κ1) is 14.4. The van der Waals surface area contributed by atoms with Crippen molar-refractivity contribution >= 4 is 16.0 Å². The molecule has 0 unspecified atom stereocenters. The number of unbranched alkanes of at least 4 members (excludes halogenated alkanes) is 2. The summed E-state index contributed by atoms with van der Waals surface area (Å²) in [5.74, 6) is -0.997. The Bertz CT molecular complexity index is 344. The van der Waals surface area contributed by atoms with Gasteiger partial charge in [0.2, 0.25) is 10.0 Å². The molecule has 0 saturated carbocycles. The maximum atomic E-state index is 11.9. The molecular weight excluding hydrogens is 242 g/mol. The number of piperidine rings is 1. The molecule has 0 aromatic carbocycles. The molecule has 1 fully saturated rings. The van der Waals surface area contributed by atoms with E-state index in [1.165, 1.54) is 4.31 Å². The highest BCUT2D eigenvalue weighted by molar-refractivity contribution is 7.89. The molecule has 1 aliphatic rings. The van der Waals surface area contributed by atoms with Crippen LogP contribution in [0.5, 0.6) is 0 Å². The monoisotopic (exact) mass is 263 g/mol. The van der Waals surface area contributed by atoms with Crippen LogP contribution in [0.15, 0.2) is 0 Å². The fraction of sp³-hybridized carbons (Fsp3) is 0.909. The largest absolute Gasteiger partial charge is 0.481 e. The van der Waals surface area contributed by atoms with Crippen LogP contribution in [0, 0.1) is 5.92 Å². The molecule has 1 N–H and O–H groups in total. The first-order chi connectivity index (χ1) is 7.97. The van der Waals surface area contributed by atoms with Crippen molar-refractivity contribution < 1.29 is 18.3 Å². The number of hydrogen-bond acceptors (Lipinski definition) is 3. The molecule has 1 rings (SSSR count). The Morgan fingerprint density at radius 2 is 1.88 bits per heavy atom. The highest BCUT2D eigenvalue weighted by Gasteiger charge is 2.30. The van der Waals surface area contributed by atoms with E-state index < -0.39 is 16.0 Å². The van der Waals surface area contributed by atoms with Crippen LogP contribution in [0.3, 0.4) is 0 Å². The Balaban J connectivity index is 2.44. The molecule has 0 radical (unpaired) electrons. The molecule has 0 amide bonds. The van der Waals surface area contributed by atoms with Gasteiger partial charge in [-0.15, -0.1) is 0 Å². The van der Waals surface area contributed by atoms with E-state index >= 15 is 0 Å². The molecule has 0 aliphatic carbocycles. The summed E-state index contributed by atoms with van der Waals surface area (Å²) in [5.41, 5.74) is 0. The molecule has 0 spiro atoms. The number of carbonyl (C=O) groups is 1. The second-order valence-electron chi connectivity index (χ2n) is 4.53. The van der Waals surface area contributed by atoms with E-state index in [0.717, 1.165) is 12.8 Å². The Hall–Kier alpha value is -0.620. The third kappa shape index (κ3) is 4.27. The summed E-state index contributed by atoms with van der Waals surface area (Å²) in [6, 6.07) is 0. The van der Waals surface area contributed by atoms with Gasteiger partial charge in [0.25, 0.3) is 0 Å². The van der Waals surface area contributed by atoms with Crippen LogP contribution >= 0.6 is 0 Å². The fourth-order valence-electron chi connectivity index (χ4n) is 2.04. The van der Waals surface area contributed by atoms with Gasteiger partial charge in [-0.2, -0.15) is 0 Å². The Labute approximate surface area is 103 Å². The lowest BCUT2D eigenvalue weighted by molar-refractivity contribution is -0.142. The van der Waals surface area contributed by atoms with Crippen LogP contribution in [-0.2, 0) is 14.8 Å². The number of nitrogens with zero attached hydrogens (tertiary/aromatic N) is 1. The molecule has 5 nitrogen and oxygen atoms in total. The third-order valence-corrected chi connectivity index (χ3v) is 5.16. The van der Waals surface area contributed by atoms with Crippen molar-refractivity contribution in [2.75, 3.05) is 18.8 Å². The van der Waals surface area contributed by atoms with Gasteiger partial charge >= 0.3 is 5.97 Å². The number of rotatable bonds is 6. The normalized spacial score (nSPS) is 19.4. The molecule has 1 saturated heterocycles. The number of aliphatic carboxylic acids is 1. The second kappa shape index (κ2) is 6.35. The van der Waals surface area contributed by atoms with Crippen molar-refractivity contribution in [1.82, 2.24) is 4.31 Å². The lowest BCUT2D eigenvalue weighted by atomic mass is 9.99. The minimum Gasteiger partial charge on any atom is -0.481 e. The maximum Gasteiger partial charge on any atom is 0.306 e. The van der Waals surface area contributed by atoms with Crippen LogP contribution in [0.25, 0.3) is 0 Å². The molecule has 1 heterocycles. The number of carboxylic acid groups (broad SMARTS) is 1. The smallest absolute Gasteiger partial charge is 0.306 e. The molecule has 1 aliphatic heterocycles. The highest BCUT2D eigenvalue weighted by atomic mass is 32.2. The fourth-order valence-corrected chi connectivity index (χ4v) is 3.64. The van der Waals surface area contributed by atoms with Crippen LogP contribution < -0.4 is 0 Å². The Kier molecular flexibility index (Phi) is 5.39. The zero-order chi connectivity index (χ0) is 12.9. The van der Waals surface area contributed by atoms with Gasteiger partial charge in [-0.25, -0.2) is 12.7 Å². The molecule has 6 heteroatoms. The summed E-state index contributed by atoms with van der Waals surface area (Å²) in [5, 5.41) is 8.83. The summed E-state index contributed by atoms with van der Waals surface area (Å²) in [4.78, 5) is 10.8. The van der Waals surface area contributed by atoms with Gasteiger partial charge in [-0.05, 0) is 19.3 Å².